The molecule has 1 heterocycles. The average molecular weight is 368 g/mol. The molecule has 2 aromatic carbocycles. The van der Waals surface area contributed by atoms with E-state index >= 15 is 0 Å². The highest BCUT2D eigenvalue weighted by Gasteiger charge is 2.12. The van der Waals surface area contributed by atoms with Gasteiger partial charge in [0.05, 0.1) is 5.56 Å². The summed E-state index contributed by atoms with van der Waals surface area (Å²) < 4.78 is 19.0. The summed E-state index contributed by atoms with van der Waals surface area (Å²) in [5.74, 6) is -0.924. The molecule has 0 bridgehead atoms. The van der Waals surface area contributed by atoms with Crippen LogP contribution in [0.15, 0.2) is 59.0 Å². The molecule has 0 saturated heterocycles. The second-order valence-electron chi connectivity index (χ2n) is 5.70. The van der Waals surface area contributed by atoms with Crippen LogP contribution in [0, 0.1) is 5.82 Å². The third kappa shape index (κ3) is 4.97. The molecule has 0 aliphatic carbocycles. The normalized spacial score (nSPS) is 10.4. The van der Waals surface area contributed by atoms with Gasteiger partial charge in [0.25, 0.3) is 5.91 Å². The smallest absolute Gasteiger partial charge is 0.272 e. The molecule has 0 spiro atoms. The van der Waals surface area contributed by atoms with Gasteiger partial charge in [-0.15, -0.1) is 10.2 Å². The van der Waals surface area contributed by atoms with E-state index < -0.39 is 17.6 Å². The predicted octanol–water partition coefficient (Wildman–Crippen LogP) is 2.66. The molecule has 8 heteroatoms. The van der Waals surface area contributed by atoms with Crippen LogP contribution in [0.4, 0.5) is 4.39 Å². The van der Waals surface area contributed by atoms with Gasteiger partial charge in [0, 0.05) is 18.4 Å². The zero-order chi connectivity index (χ0) is 19.1. The van der Waals surface area contributed by atoms with Gasteiger partial charge in [0.1, 0.15) is 5.82 Å². The zero-order valence-electron chi connectivity index (χ0n) is 14.3. The summed E-state index contributed by atoms with van der Waals surface area (Å²) in [5.41, 5.74) is 5.12. The lowest BCUT2D eigenvalue weighted by Gasteiger charge is -2.07. The van der Waals surface area contributed by atoms with Crippen LogP contribution in [0.3, 0.4) is 0 Å². The number of rotatable bonds is 6. The van der Waals surface area contributed by atoms with Crippen LogP contribution in [0.2, 0.25) is 0 Å². The first-order valence-corrected chi connectivity index (χ1v) is 8.35. The van der Waals surface area contributed by atoms with Gasteiger partial charge >= 0.3 is 0 Å². The Hall–Kier alpha value is -3.55. The van der Waals surface area contributed by atoms with Crippen molar-refractivity contribution in [3.8, 4) is 11.5 Å². The molecule has 27 heavy (non-hydrogen) atoms. The van der Waals surface area contributed by atoms with Crippen molar-refractivity contribution < 1.29 is 18.4 Å². The summed E-state index contributed by atoms with van der Waals surface area (Å²) in [4.78, 5) is 23.6. The van der Waals surface area contributed by atoms with Crippen LogP contribution in [0.25, 0.3) is 11.5 Å². The predicted molar refractivity (Wildman–Crippen MR) is 94.7 cm³/mol. The third-order valence-electron chi connectivity index (χ3n) is 3.72. The molecule has 138 valence electrons. The monoisotopic (exact) mass is 368 g/mol. The van der Waals surface area contributed by atoms with E-state index in [0.29, 0.717) is 24.6 Å². The molecule has 0 unspecified atom stereocenters. The SMILES string of the molecule is O=C(CCCc1nnc(-c2ccccc2)o1)NNC(=O)c1ccccc1F. The number of hydrogen-bond acceptors (Lipinski definition) is 5. The minimum absolute atomic E-state index is 0.139. The van der Waals surface area contributed by atoms with E-state index in [1.807, 2.05) is 30.3 Å². The molecule has 0 aliphatic rings. The Labute approximate surface area is 154 Å². The second kappa shape index (κ2) is 8.70. The van der Waals surface area contributed by atoms with Crippen molar-refractivity contribution in [2.24, 2.45) is 0 Å². The summed E-state index contributed by atoms with van der Waals surface area (Å²) in [6, 6.07) is 14.9. The summed E-state index contributed by atoms with van der Waals surface area (Å²) in [5, 5.41) is 7.93. The van der Waals surface area contributed by atoms with Crippen molar-refractivity contribution in [1.29, 1.82) is 0 Å². The van der Waals surface area contributed by atoms with Gasteiger partial charge < -0.3 is 4.42 Å². The fourth-order valence-electron chi connectivity index (χ4n) is 2.35. The molecule has 1 aromatic heterocycles. The first-order chi connectivity index (χ1) is 13.1. The van der Waals surface area contributed by atoms with Crippen LogP contribution >= 0.6 is 0 Å². The van der Waals surface area contributed by atoms with Crippen molar-refractivity contribution in [1.82, 2.24) is 21.0 Å². The Bertz CT molecular complexity index is 927. The van der Waals surface area contributed by atoms with Crippen LogP contribution in [-0.4, -0.2) is 22.0 Å². The fourth-order valence-corrected chi connectivity index (χ4v) is 2.35. The molecule has 0 atom stereocenters. The second-order valence-corrected chi connectivity index (χ2v) is 5.70. The van der Waals surface area contributed by atoms with Crippen LogP contribution in [0.1, 0.15) is 29.1 Å². The summed E-state index contributed by atoms with van der Waals surface area (Å²) in [7, 11) is 0. The van der Waals surface area contributed by atoms with E-state index in [1.165, 1.54) is 24.3 Å². The average Bonchev–Trinajstić information content (AvgIpc) is 3.16. The maximum atomic E-state index is 13.5. The molecule has 2 N–H and O–H groups in total. The first-order valence-electron chi connectivity index (χ1n) is 8.35. The first kappa shape index (κ1) is 18.2. The Kier molecular flexibility index (Phi) is 5.88. The highest BCUT2D eigenvalue weighted by Crippen LogP contribution is 2.17. The minimum atomic E-state index is -0.717. The molecule has 3 rings (SSSR count). The topological polar surface area (TPSA) is 97.1 Å². The molecule has 3 aromatic rings. The Morgan fingerprint density at radius 3 is 2.48 bits per heavy atom. The van der Waals surface area contributed by atoms with Crippen molar-refractivity contribution >= 4 is 11.8 Å². The molecule has 0 fully saturated rings. The Morgan fingerprint density at radius 2 is 1.70 bits per heavy atom. The molecule has 0 radical (unpaired) electrons. The Morgan fingerprint density at radius 1 is 0.963 bits per heavy atom. The molecular formula is C19H17FN4O3. The standard InChI is InChI=1S/C19H17FN4O3/c20-15-10-5-4-9-14(15)18(26)23-21-16(25)11-6-12-17-22-24-19(27-17)13-7-2-1-3-8-13/h1-5,7-10H,6,11-12H2,(H,21,25)(H,23,26). The van der Waals surface area contributed by atoms with Crippen molar-refractivity contribution in [2.75, 3.05) is 0 Å². The van der Waals surface area contributed by atoms with E-state index in [9.17, 15) is 14.0 Å². The van der Waals surface area contributed by atoms with Crippen LogP contribution < -0.4 is 10.9 Å². The van der Waals surface area contributed by atoms with Gasteiger partial charge in [-0.1, -0.05) is 30.3 Å². The van der Waals surface area contributed by atoms with Crippen LogP contribution in [0.5, 0.6) is 0 Å². The van der Waals surface area contributed by atoms with E-state index in [0.717, 1.165) is 5.56 Å². The van der Waals surface area contributed by atoms with E-state index in [4.69, 9.17) is 4.42 Å². The van der Waals surface area contributed by atoms with Crippen molar-refractivity contribution in [2.45, 2.75) is 19.3 Å². The molecular weight excluding hydrogens is 351 g/mol. The van der Waals surface area contributed by atoms with Gasteiger partial charge in [-0.2, -0.15) is 0 Å². The van der Waals surface area contributed by atoms with E-state index in [1.54, 1.807) is 0 Å². The lowest BCUT2D eigenvalue weighted by molar-refractivity contribution is -0.121. The quantitative estimate of drug-likeness (QED) is 0.652. The number of nitrogens with one attached hydrogen (secondary N) is 2. The van der Waals surface area contributed by atoms with Crippen molar-refractivity contribution in [3.63, 3.8) is 0 Å². The molecule has 2 amide bonds. The number of carbonyl (C=O) groups is 2. The highest BCUT2D eigenvalue weighted by atomic mass is 19.1. The maximum absolute atomic E-state index is 13.5. The van der Waals surface area contributed by atoms with Gasteiger partial charge in [-0.25, -0.2) is 4.39 Å². The number of carbonyl (C=O) groups excluding carboxylic acids is 2. The summed E-state index contributed by atoms with van der Waals surface area (Å²) in [6.45, 7) is 0. The van der Waals surface area contributed by atoms with Gasteiger partial charge in [0.15, 0.2) is 0 Å². The number of aryl methyl sites for hydroxylation is 1. The lowest BCUT2D eigenvalue weighted by atomic mass is 10.2. The fraction of sp³-hybridized carbons (Fsp3) is 0.158. The largest absolute Gasteiger partial charge is 0.421 e. The number of benzene rings is 2. The van der Waals surface area contributed by atoms with Gasteiger partial charge in [-0.3, -0.25) is 20.4 Å². The zero-order valence-corrected chi connectivity index (χ0v) is 14.3. The number of halogens is 1. The van der Waals surface area contributed by atoms with Crippen molar-refractivity contribution in [3.05, 3.63) is 71.9 Å². The van der Waals surface area contributed by atoms with E-state index in [2.05, 4.69) is 21.0 Å². The minimum Gasteiger partial charge on any atom is -0.421 e. The summed E-state index contributed by atoms with van der Waals surface area (Å²) in [6.07, 6.45) is 1.02. The Balaban J connectivity index is 1.42. The van der Waals surface area contributed by atoms with Gasteiger partial charge in [0.2, 0.25) is 17.7 Å². The lowest BCUT2D eigenvalue weighted by Crippen LogP contribution is -2.41. The maximum Gasteiger partial charge on any atom is 0.272 e. The molecule has 0 aliphatic heterocycles. The molecule has 7 nitrogen and oxygen atoms in total. The highest BCUT2D eigenvalue weighted by molar-refractivity contribution is 5.95. The number of hydrogen-bond donors (Lipinski definition) is 2. The third-order valence-corrected chi connectivity index (χ3v) is 3.72. The van der Waals surface area contributed by atoms with Crippen LogP contribution in [-0.2, 0) is 11.2 Å². The number of nitrogens with zero attached hydrogens (tertiary/aromatic N) is 2. The number of amides is 2. The number of hydrazine groups is 1. The summed E-state index contributed by atoms with van der Waals surface area (Å²) >= 11 is 0. The number of aromatic nitrogens is 2. The van der Waals surface area contributed by atoms with Gasteiger partial charge in [-0.05, 0) is 30.7 Å². The van der Waals surface area contributed by atoms with E-state index in [-0.39, 0.29) is 12.0 Å². The molecule has 0 saturated carbocycles.